The molecule has 4 heteroatoms. The highest BCUT2D eigenvalue weighted by molar-refractivity contribution is 5.22. The number of aliphatic hydroxyl groups excluding tert-OH is 1. The molecule has 1 aromatic carbocycles. The second-order valence-electron chi connectivity index (χ2n) is 5.94. The van der Waals surface area contributed by atoms with E-state index in [0.717, 1.165) is 16.8 Å². The van der Waals surface area contributed by atoms with Crippen LogP contribution < -0.4 is 5.56 Å². The van der Waals surface area contributed by atoms with Gasteiger partial charge in [0.25, 0.3) is 5.56 Å². The number of aliphatic hydroxyl groups is 1. The summed E-state index contributed by atoms with van der Waals surface area (Å²) in [6.07, 6.45) is 0. The first-order valence-corrected chi connectivity index (χ1v) is 6.67. The molecule has 0 amide bonds. The third-order valence-electron chi connectivity index (χ3n) is 3.17. The summed E-state index contributed by atoms with van der Waals surface area (Å²) >= 11 is 0. The van der Waals surface area contributed by atoms with Crippen LogP contribution in [0, 0.1) is 0 Å². The molecule has 0 atom stereocenters. The average Bonchev–Trinajstić information content (AvgIpc) is 2.41. The molecule has 106 valence electrons. The fraction of sp³-hybridized carbons (Fsp3) is 0.375. The molecular formula is C16H20N2O2. The van der Waals surface area contributed by atoms with E-state index in [1.807, 2.05) is 24.3 Å². The molecule has 1 heterocycles. The summed E-state index contributed by atoms with van der Waals surface area (Å²) in [6.45, 7) is 6.67. The minimum Gasteiger partial charge on any atom is -0.392 e. The Kier molecular flexibility index (Phi) is 4.04. The molecule has 0 saturated carbocycles. The molecule has 20 heavy (non-hydrogen) atoms. The van der Waals surface area contributed by atoms with Gasteiger partial charge in [0.05, 0.1) is 18.8 Å². The van der Waals surface area contributed by atoms with E-state index in [4.69, 9.17) is 5.11 Å². The molecule has 0 bridgehead atoms. The number of nitrogens with zero attached hydrogens (tertiary/aromatic N) is 2. The van der Waals surface area contributed by atoms with Crippen LogP contribution in [-0.2, 0) is 18.6 Å². The van der Waals surface area contributed by atoms with Crippen LogP contribution in [0.1, 0.15) is 37.6 Å². The maximum absolute atomic E-state index is 11.9. The Morgan fingerprint density at radius 2 is 1.65 bits per heavy atom. The van der Waals surface area contributed by atoms with Crippen LogP contribution in [0.5, 0.6) is 0 Å². The van der Waals surface area contributed by atoms with Crippen molar-refractivity contribution in [3.05, 3.63) is 63.6 Å². The van der Waals surface area contributed by atoms with Gasteiger partial charge in [-0.05, 0) is 17.2 Å². The molecule has 0 aliphatic heterocycles. The van der Waals surface area contributed by atoms with Crippen molar-refractivity contribution in [2.24, 2.45) is 0 Å². The van der Waals surface area contributed by atoms with Gasteiger partial charge in [0.1, 0.15) is 0 Å². The van der Waals surface area contributed by atoms with Gasteiger partial charge in [0.2, 0.25) is 0 Å². The predicted octanol–water partition coefficient (Wildman–Crippen LogP) is 2.08. The van der Waals surface area contributed by atoms with Crippen molar-refractivity contribution in [1.29, 1.82) is 0 Å². The molecule has 4 nitrogen and oxygen atoms in total. The van der Waals surface area contributed by atoms with Crippen molar-refractivity contribution in [3.8, 4) is 0 Å². The van der Waals surface area contributed by atoms with Crippen LogP contribution in [0.25, 0.3) is 0 Å². The third kappa shape index (κ3) is 3.33. The Morgan fingerprint density at radius 3 is 2.20 bits per heavy atom. The molecule has 2 aromatic rings. The van der Waals surface area contributed by atoms with Crippen molar-refractivity contribution in [3.63, 3.8) is 0 Å². The highest BCUT2D eigenvalue weighted by atomic mass is 16.3. The SMILES string of the molecule is CC(C)(C)c1ccc(=O)n(Cc2ccc(CO)cc2)n1. The van der Waals surface area contributed by atoms with E-state index < -0.39 is 0 Å². The molecule has 0 unspecified atom stereocenters. The highest BCUT2D eigenvalue weighted by Gasteiger charge is 2.16. The van der Waals surface area contributed by atoms with Crippen molar-refractivity contribution >= 4 is 0 Å². The zero-order valence-electron chi connectivity index (χ0n) is 12.1. The monoisotopic (exact) mass is 272 g/mol. The van der Waals surface area contributed by atoms with E-state index in [1.165, 1.54) is 4.68 Å². The van der Waals surface area contributed by atoms with Gasteiger partial charge in [0, 0.05) is 11.5 Å². The quantitative estimate of drug-likeness (QED) is 0.930. The number of hydrogen-bond acceptors (Lipinski definition) is 3. The zero-order chi connectivity index (χ0) is 14.8. The minimum atomic E-state index is -0.107. The van der Waals surface area contributed by atoms with E-state index >= 15 is 0 Å². The molecule has 0 radical (unpaired) electrons. The molecule has 1 N–H and O–H groups in total. The Labute approximate surface area is 118 Å². The Hall–Kier alpha value is -1.94. The highest BCUT2D eigenvalue weighted by Crippen LogP contribution is 2.18. The summed E-state index contributed by atoms with van der Waals surface area (Å²) in [6, 6.07) is 10.9. The number of aromatic nitrogens is 2. The first-order valence-electron chi connectivity index (χ1n) is 6.67. The molecule has 0 fully saturated rings. The zero-order valence-corrected chi connectivity index (χ0v) is 12.1. The van der Waals surface area contributed by atoms with E-state index in [0.29, 0.717) is 6.54 Å². The van der Waals surface area contributed by atoms with Gasteiger partial charge in [-0.15, -0.1) is 0 Å². The van der Waals surface area contributed by atoms with Crippen molar-refractivity contribution in [2.75, 3.05) is 0 Å². The first-order chi connectivity index (χ1) is 9.40. The standard InChI is InChI=1S/C16H20N2O2/c1-16(2,3)14-8-9-15(20)18(17-14)10-12-4-6-13(11-19)7-5-12/h4-9,19H,10-11H2,1-3H3. The minimum absolute atomic E-state index is 0.0258. The van der Waals surface area contributed by atoms with Crippen LogP contribution in [0.3, 0.4) is 0 Å². The van der Waals surface area contributed by atoms with Gasteiger partial charge in [-0.1, -0.05) is 45.0 Å². The molecule has 2 rings (SSSR count). The van der Waals surface area contributed by atoms with E-state index in [1.54, 1.807) is 12.1 Å². The van der Waals surface area contributed by atoms with Gasteiger partial charge in [-0.25, -0.2) is 4.68 Å². The molecule has 0 saturated heterocycles. The van der Waals surface area contributed by atoms with E-state index in [9.17, 15) is 4.79 Å². The summed E-state index contributed by atoms with van der Waals surface area (Å²) in [5, 5.41) is 13.5. The van der Waals surface area contributed by atoms with Crippen LogP contribution in [-0.4, -0.2) is 14.9 Å². The lowest BCUT2D eigenvalue weighted by Gasteiger charge is -2.18. The lowest BCUT2D eigenvalue weighted by Crippen LogP contribution is -2.27. The Morgan fingerprint density at radius 1 is 1.05 bits per heavy atom. The third-order valence-corrected chi connectivity index (χ3v) is 3.17. The number of hydrogen-bond donors (Lipinski definition) is 1. The lowest BCUT2D eigenvalue weighted by atomic mass is 9.92. The molecule has 1 aromatic heterocycles. The fourth-order valence-electron chi connectivity index (χ4n) is 1.89. The van der Waals surface area contributed by atoms with Crippen molar-refractivity contribution in [2.45, 2.75) is 39.3 Å². The molecular weight excluding hydrogens is 252 g/mol. The lowest BCUT2D eigenvalue weighted by molar-refractivity contribution is 0.282. The second kappa shape index (κ2) is 5.59. The van der Waals surface area contributed by atoms with E-state index in [2.05, 4.69) is 25.9 Å². The smallest absolute Gasteiger partial charge is 0.267 e. The fourth-order valence-corrected chi connectivity index (χ4v) is 1.89. The van der Waals surface area contributed by atoms with Crippen molar-refractivity contribution < 1.29 is 5.11 Å². The number of rotatable bonds is 3. The summed E-state index contributed by atoms with van der Waals surface area (Å²) in [5.41, 5.74) is 2.55. The van der Waals surface area contributed by atoms with Gasteiger partial charge >= 0.3 is 0 Å². The predicted molar refractivity (Wildman–Crippen MR) is 78.7 cm³/mol. The second-order valence-corrected chi connectivity index (χ2v) is 5.94. The normalized spacial score (nSPS) is 11.6. The van der Waals surface area contributed by atoms with Crippen molar-refractivity contribution in [1.82, 2.24) is 9.78 Å². The Balaban J connectivity index is 2.30. The summed E-state index contributed by atoms with van der Waals surface area (Å²) in [4.78, 5) is 11.9. The van der Waals surface area contributed by atoms with Crippen LogP contribution in [0.15, 0.2) is 41.2 Å². The average molecular weight is 272 g/mol. The number of benzene rings is 1. The van der Waals surface area contributed by atoms with Crippen LogP contribution in [0.2, 0.25) is 0 Å². The van der Waals surface area contributed by atoms with Gasteiger partial charge in [-0.2, -0.15) is 5.10 Å². The topological polar surface area (TPSA) is 55.1 Å². The van der Waals surface area contributed by atoms with Gasteiger partial charge in [-0.3, -0.25) is 4.79 Å². The Bertz CT molecular complexity index is 637. The summed E-state index contributed by atoms with van der Waals surface area (Å²) in [7, 11) is 0. The van der Waals surface area contributed by atoms with Gasteiger partial charge < -0.3 is 5.11 Å². The van der Waals surface area contributed by atoms with Crippen LogP contribution in [0.4, 0.5) is 0 Å². The van der Waals surface area contributed by atoms with Gasteiger partial charge in [0.15, 0.2) is 0 Å². The molecule has 0 spiro atoms. The van der Waals surface area contributed by atoms with Crippen LogP contribution >= 0.6 is 0 Å². The maximum atomic E-state index is 11.9. The summed E-state index contributed by atoms with van der Waals surface area (Å²) in [5.74, 6) is 0. The molecule has 0 aliphatic rings. The maximum Gasteiger partial charge on any atom is 0.267 e. The summed E-state index contributed by atoms with van der Waals surface area (Å²) < 4.78 is 1.48. The first kappa shape index (κ1) is 14.5. The largest absolute Gasteiger partial charge is 0.392 e. The van der Waals surface area contributed by atoms with E-state index in [-0.39, 0.29) is 17.6 Å². The molecule has 0 aliphatic carbocycles.